The maximum absolute atomic E-state index is 13.4. The first kappa shape index (κ1) is 19.5. The minimum atomic E-state index is -0.435. The third kappa shape index (κ3) is 3.86. The highest BCUT2D eigenvalue weighted by molar-refractivity contribution is 9.11. The molecule has 8 heteroatoms. The number of halogens is 2. The first-order chi connectivity index (χ1) is 13.9. The predicted molar refractivity (Wildman–Crippen MR) is 119 cm³/mol. The summed E-state index contributed by atoms with van der Waals surface area (Å²) in [7, 11) is 0. The van der Waals surface area contributed by atoms with Gasteiger partial charge in [0.05, 0.1) is 21.5 Å². The minimum Gasteiger partial charge on any atom is -0.268 e. The molecule has 6 nitrogen and oxygen atoms in total. The maximum atomic E-state index is 13.4. The summed E-state index contributed by atoms with van der Waals surface area (Å²) in [6, 6.07) is 19.1. The van der Waals surface area contributed by atoms with Crippen LogP contribution in [0.3, 0.4) is 0 Å². The Hall–Kier alpha value is -2.84. The van der Waals surface area contributed by atoms with E-state index in [0.29, 0.717) is 28.0 Å². The van der Waals surface area contributed by atoms with Gasteiger partial charge in [0.2, 0.25) is 0 Å². The molecule has 0 aliphatic heterocycles. The highest BCUT2D eigenvalue weighted by Crippen LogP contribution is 2.26. The summed E-state index contributed by atoms with van der Waals surface area (Å²) in [5.74, 6) is 0.494. The summed E-state index contributed by atoms with van der Waals surface area (Å²) in [4.78, 5) is 28.8. The normalized spacial score (nSPS) is 11.0. The monoisotopic (exact) mass is 513 g/mol. The first-order valence-electron chi connectivity index (χ1n) is 8.63. The molecule has 0 bridgehead atoms. The Balaban J connectivity index is 1.97. The van der Waals surface area contributed by atoms with Crippen molar-refractivity contribution in [2.45, 2.75) is 6.42 Å². The number of nitro groups is 1. The number of fused-ring (bicyclic) bond motifs is 1. The van der Waals surface area contributed by atoms with Gasteiger partial charge in [-0.3, -0.25) is 19.5 Å². The lowest BCUT2D eigenvalue weighted by Crippen LogP contribution is -2.24. The van der Waals surface area contributed by atoms with Crippen LogP contribution >= 0.6 is 31.9 Å². The fourth-order valence-electron chi connectivity index (χ4n) is 3.17. The van der Waals surface area contributed by atoms with Gasteiger partial charge in [-0.1, -0.05) is 40.2 Å². The van der Waals surface area contributed by atoms with Gasteiger partial charge in [0, 0.05) is 27.5 Å². The fraction of sp³-hybridized carbons (Fsp3) is 0.0476. The maximum Gasteiger partial charge on any atom is 0.269 e. The van der Waals surface area contributed by atoms with Crippen molar-refractivity contribution in [3.05, 3.63) is 108 Å². The number of nitro benzene ring substituents is 1. The van der Waals surface area contributed by atoms with Crippen molar-refractivity contribution < 1.29 is 4.92 Å². The molecule has 0 saturated carbocycles. The van der Waals surface area contributed by atoms with Gasteiger partial charge in [0.1, 0.15) is 5.82 Å². The summed E-state index contributed by atoms with van der Waals surface area (Å²) in [5.41, 5.74) is 1.72. The number of benzene rings is 3. The molecule has 0 saturated heterocycles. The third-order valence-corrected chi connectivity index (χ3v) is 5.64. The van der Waals surface area contributed by atoms with E-state index in [2.05, 4.69) is 31.9 Å². The van der Waals surface area contributed by atoms with Crippen LogP contribution in [0.4, 0.5) is 5.69 Å². The van der Waals surface area contributed by atoms with Crippen LogP contribution in [0.2, 0.25) is 0 Å². The average Bonchev–Trinajstić information content (AvgIpc) is 2.71. The molecule has 0 N–H and O–H groups in total. The number of rotatable bonds is 4. The van der Waals surface area contributed by atoms with Crippen LogP contribution in [-0.4, -0.2) is 14.5 Å². The van der Waals surface area contributed by atoms with E-state index in [1.165, 1.54) is 12.1 Å². The predicted octanol–water partition coefficient (Wildman–Crippen LogP) is 5.41. The molecule has 1 aromatic heterocycles. The highest BCUT2D eigenvalue weighted by Gasteiger charge is 2.16. The van der Waals surface area contributed by atoms with Crippen LogP contribution < -0.4 is 5.56 Å². The molecule has 4 rings (SSSR count). The van der Waals surface area contributed by atoms with E-state index in [4.69, 9.17) is 4.98 Å². The molecule has 0 aliphatic rings. The molecule has 0 atom stereocenters. The van der Waals surface area contributed by atoms with E-state index in [1.807, 2.05) is 24.3 Å². The van der Waals surface area contributed by atoms with Gasteiger partial charge in [-0.2, -0.15) is 0 Å². The van der Waals surface area contributed by atoms with Crippen molar-refractivity contribution in [3.63, 3.8) is 0 Å². The van der Waals surface area contributed by atoms with Crippen molar-refractivity contribution in [2.24, 2.45) is 0 Å². The molecule has 29 heavy (non-hydrogen) atoms. The Morgan fingerprint density at radius 2 is 1.79 bits per heavy atom. The molecular weight excluding hydrogens is 502 g/mol. The highest BCUT2D eigenvalue weighted by atomic mass is 79.9. The molecule has 3 aromatic carbocycles. The van der Waals surface area contributed by atoms with Crippen molar-refractivity contribution in [1.82, 2.24) is 9.55 Å². The summed E-state index contributed by atoms with van der Waals surface area (Å²) in [6.07, 6.45) is 0.265. The fourth-order valence-corrected chi connectivity index (χ4v) is 3.94. The third-order valence-electron chi connectivity index (χ3n) is 4.48. The second kappa shape index (κ2) is 7.88. The molecule has 0 aliphatic carbocycles. The molecule has 0 amide bonds. The average molecular weight is 515 g/mol. The second-order valence-electron chi connectivity index (χ2n) is 6.39. The molecule has 0 spiro atoms. The summed E-state index contributed by atoms with van der Waals surface area (Å²) >= 11 is 6.97. The largest absolute Gasteiger partial charge is 0.269 e. The lowest BCUT2D eigenvalue weighted by molar-refractivity contribution is -0.384. The summed E-state index contributed by atoms with van der Waals surface area (Å²) < 4.78 is 3.10. The molecule has 4 aromatic rings. The van der Waals surface area contributed by atoms with E-state index >= 15 is 0 Å². The second-order valence-corrected chi connectivity index (χ2v) is 8.16. The Bertz CT molecular complexity index is 1320. The molecule has 0 radical (unpaired) electrons. The van der Waals surface area contributed by atoms with Crippen LogP contribution in [0.1, 0.15) is 11.4 Å². The molecule has 144 valence electrons. The zero-order chi connectivity index (χ0) is 20.5. The minimum absolute atomic E-state index is 0.000761. The van der Waals surface area contributed by atoms with Gasteiger partial charge in [0.15, 0.2) is 0 Å². The van der Waals surface area contributed by atoms with Crippen LogP contribution in [0.5, 0.6) is 0 Å². The standard InChI is InChI=1S/C21H13Br2N3O3/c22-14-8-9-17(23)19(12-14)25-20(11-13-4-3-5-15(10-13)26(28)29)24-18-7-2-1-6-16(18)21(25)27/h1-10,12H,11H2. The first-order valence-corrected chi connectivity index (χ1v) is 10.2. The Labute approximate surface area is 182 Å². The van der Waals surface area contributed by atoms with E-state index in [1.54, 1.807) is 34.9 Å². The van der Waals surface area contributed by atoms with E-state index in [9.17, 15) is 14.9 Å². The number of para-hydroxylation sites is 1. The summed E-state index contributed by atoms with van der Waals surface area (Å²) in [5, 5.41) is 11.6. The molecule has 1 heterocycles. The van der Waals surface area contributed by atoms with Gasteiger partial charge in [-0.15, -0.1) is 0 Å². The van der Waals surface area contributed by atoms with Crippen LogP contribution in [-0.2, 0) is 6.42 Å². The number of aromatic nitrogens is 2. The Morgan fingerprint density at radius 3 is 2.59 bits per heavy atom. The van der Waals surface area contributed by atoms with E-state index in [0.717, 1.165) is 8.95 Å². The molecule has 0 unspecified atom stereocenters. The van der Waals surface area contributed by atoms with Gasteiger partial charge in [-0.25, -0.2) is 4.98 Å². The number of hydrogen-bond donors (Lipinski definition) is 0. The number of non-ortho nitro benzene ring substituents is 1. The quantitative estimate of drug-likeness (QED) is 0.269. The van der Waals surface area contributed by atoms with Crippen molar-refractivity contribution >= 4 is 48.5 Å². The zero-order valence-electron chi connectivity index (χ0n) is 14.9. The Morgan fingerprint density at radius 1 is 1.00 bits per heavy atom. The van der Waals surface area contributed by atoms with Crippen LogP contribution in [0.25, 0.3) is 16.6 Å². The van der Waals surface area contributed by atoms with Crippen molar-refractivity contribution in [1.29, 1.82) is 0 Å². The van der Waals surface area contributed by atoms with Crippen LogP contribution in [0, 0.1) is 10.1 Å². The van der Waals surface area contributed by atoms with Crippen molar-refractivity contribution in [2.75, 3.05) is 0 Å². The molecular formula is C21H13Br2N3O3. The van der Waals surface area contributed by atoms with Gasteiger partial charge >= 0.3 is 0 Å². The zero-order valence-corrected chi connectivity index (χ0v) is 18.1. The van der Waals surface area contributed by atoms with E-state index in [-0.39, 0.29) is 17.7 Å². The SMILES string of the molecule is O=c1c2ccccc2nc(Cc2cccc([N+](=O)[O-])c2)n1-c1cc(Br)ccc1Br. The van der Waals surface area contributed by atoms with E-state index < -0.39 is 4.92 Å². The summed E-state index contributed by atoms with van der Waals surface area (Å²) in [6.45, 7) is 0. The number of hydrogen-bond acceptors (Lipinski definition) is 4. The van der Waals surface area contributed by atoms with Gasteiger partial charge < -0.3 is 0 Å². The molecule has 0 fully saturated rings. The smallest absolute Gasteiger partial charge is 0.268 e. The Kier molecular flexibility index (Phi) is 5.29. The number of nitrogens with zero attached hydrogens (tertiary/aromatic N) is 3. The van der Waals surface area contributed by atoms with Gasteiger partial charge in [-0.05, 0) is 51.8 Å². The van der Waals surface area contributed by atoms with Crippen molar-refractivity contribution in [3.8, 4) is 5.69 Å². The van der Waals surface area contributed by atoms with Gasteiger partial charge in [0.25, 0.3) is 11.2 Å². The lowest BCUT2D eigenvalue weighted by Gasteiger charge is -2.15. The lowest BCUT2D eigenvalue weighted by atomic mass is 10.1. The van der Waals surface area contributed by atoms with Crippen LogP contribution in [0.15, 0.2) is 80.5 Å². The topological polar surface area (TPSA) is 78.0 Å².